The van der Waals surface area contributed by atoms with Crippen LogP contribution in [0.15, 0.2) is 22.7 Å². The van der Waals surface area contributed by atoms with Crippen LogP contribution in [0.2, 0.25) is 0 Å². The lowest BCUT2D eigenvalue weighted by Gasteiger charge is -2.31. The van der Waals surface area contributed by atoms with Gasteiger partial charge in [0, 0.05) is 22.3 Å². The van der Waals surface area contributed by atoms with Gasteiger partial charge in [0.2, 0.25) is 5.91 Å². The molecule has 0 radical (unpaired) electrons. The van der Waals surface area contributed by atoms with Crippen molar-refractivity contribution in [3.05, 3.63) is 28.5 Å². The molecule has 1 N–H and O–H groups in total. The van der Waals surface area contributed by atoms with E-state index in [4.69, 9.17) is 0 Å². The summed E-state index contributed by atoms with van der Waals surface area (Å²) in [6, 6.07) is 4.29. The quantitative estimate of drug-likeness (QED) is 0.914. The van der Waals surface area contributed by atoms with Crippen LogP contribution in [0.1, 0.15) is 25.7 Å². The van der Waals surface area contributed by atoms with Crippen molar-refractivity contribution in [1.29, 1.82) is 0 Å². The number of carbonyl (C=O) groups excluding carboxylic acids is 2. The van der Waals surface area contributed by atoms with Gasteiger partial charge < -0.3 is 15.2 Å². The van der Waals surface area contributed by atoms with Crippen LogP contribution < -0.4 is 10.4 Å². The monoisotopic (exact) mass is 342 g/mol. The Bertz CT molecular complexity index is 535. The number of carboxylic acids is 1. The molecule has 0 aliphatic heterocycles. The van der Waals surface area contributed by atoms with E-state index in [1.54, 1.807) is 6.07 Å². The number of carboxylic acid groups (broad SMARTS) is 1. The van der Waals surface area contributed by atoms with Crippen LogP contribution in [0.4, 0.5) is 10.1 Å². The first-order valence-corrected chi connectivity index (χ1v) is 7.25. The maximum absolute atomic E-state index is 13.7. The average Bonchev–Trinajstić information content (AvgIpc) is 2.41. The van der Waals surface area contributed by atoms with Crippen molar-refractivity contribution in [2.75, 3.05) is 5.32 Å². The molecule has 1 amide bonds. The smallest absolute Gasteiger partial charge is 0.228 e. The standard InChI is InChI=1S/C14H15BrFNO3/c15-8-5-6-12(11(16)7-8)17-13(18)9-3-1-2-4-10(9)14(19)20/h5-7,9-10H,1-4H2,(H,17,18)(H,19,20)/p-1/t9-,10+/m0/s1. The summed E-state index contributed by atoms with van der Waals surface area (Å²) in [5, 5.41) is 13.5. The van der Waals surface area contributed by atoms with Crippen molar-refractivity contribution in [3.63, 3.8) is 0 Å². The van der Waals surface area contributed by atoms with Gasteiger partial charge in [0.1, 0.15) is 5.82 Å². The topological polar surface area (TPSA) is 69.2 Å². The van der Waals surface area contributed by atoms with E-state index >= 15 is 0 Å². The fourth-order valence-electron chi connectivity index (χ4n) is 2.54. The number of halogens is 2. The molecular formula is C14H14BrFNO3-. The molecule has 0 aromatic heterocycles. The second-order valence-electron chi connectivity index (χ2n) is 4.93. The van der Waals surface area contributed by atoms with E-state index in [1.807, 2.05) is 0 Å². The number of carbonyl (C=O) groups is 2. The lowest BCUT2D eigenvalue weighted by atomic mass is 9.78. The van der Waals surface area contributed by atoms with Crippen LogP contribution >= 0.6 is 15.9 Å². The van der Waals surface area contributed by atoms with Gasteiger partial charge >= 0.3 is 0 Å². The molecule has 1 aliphatic carbocycles. The van der Waals surface area contributed by atoms with Gasteiger partial charge in [-0.2, -0.15) is 0 Å². The molecule has 108 valence electrons. The molecule has 1 fully saturated rings. The highest BCUT2D eigenvalue weighted by Crippen LogP contribution is 2.31. The number of hydrogen-bond donors (Lipinski definition) is 1. The predicted molar refractivity (Wildman–Crippen MR) is 73.2 cm³/mol. The Morgan fingerprint density at radius 1 is 1.25 bits per heavy atom. The van der Waals surface area contributed by atoms with Crippen molar-refractivity contribution < 1.29 is 19.1 Å². The third kappa shape index (κ3) is 3.36. The average molecular weight is 343 g/mol. The number of amides is 1. The van der Waals surface area contributed by atoms with Gasteiger partial charge in [-0.15, -0.1) is 0 Å². The van der Waals surface area contributed by atoms with Crippen molar-refractivity contribution in [2.45, 2.75) is 25.7 Å². The molecule has 1 aromatic rings. The molecule has 6 heteroatoms. The van der Waals surface area contributed by atoms with Crippen molar-refractivity contribution in [2.24, 2.45) is 11.8 Å². The largest absolute Gasteiger partial charge is 0.550 e. The van der Waals surface area contributed by atoms with E-state index in [9.17, 15) is 19.1 Å². The Hall–Kier alpha value is -1.43. The van der Waals surface area contributed by atoms with Crippen LogP contribution in [0.5, 0.6) is 0 Å². The van der Waals surface area contributed by atoms with E-state index in [-0.39, 0.29) is 5.69 Å². The molecule has 2 rings (SSSR count). The highest BCUT2D eigenvalue weighted by Gasteiger charge is 2.32. The SMILES string of the molecule is O=C(Nc1ccc(Br)cc1F)[C@H]1CCCC[C@H]1C(=O)[O-]. The molecule has 1 aromatic carbocycles. The third-order valence-electron chi connectivity index (χ3n) is 3.59. The van der Waals surface area contributed by atoms with Crippen LogP contribution in [-0.4, -0.2) is 11.9 Å². The van der Waals surface area contributed by atoms with Gasteiger partial charge in [0.15, 0.2) is 0 Å². The first-order valence-electron chi connectivity index (χ1n) is 6.46. The minimum Gasteiger partial charge on any atom is -0.550 e. The van der Waals surface area contributed by atoms with Crippen molar-refractivity contribution >= 4 is 33.5 Å². The summed E-state index contributed by atoms with van der Waals surface area (Å²) in [4.78, 5) is 23.2. The zero-order valence-corrected chi connectivity index (χ0v) is 12.3. The van der Waals surface area contributed by atoms with Gasteiger partial charge in [0.05, 0.1) is 5.69 Å². The lowest BCUT2D eigenvalue weighted by Crippen LogP contribution is -2.42. The summed E-state index contributed by atoms with van der Waals surface area (Å²) in [6.07, 6.45) is 2.49. The minimum absolute atomic E-state index is 0.0564. The third-order valence-corrected chi connectivity index (χ3v) is 4.09. The molecule has 1 saturated carbocycles. The Morgan fingerprint density at radius 3 is 2.50 bits per heavy atom. The van der Waals surface area contributed by atoms with Gasteiger partial charge in [-0.1, -0.05) is 28.8 Å². The first-order chi connectivity index (χ1) is 9.49. The molecule has 1 aliphatic rings. The summed E-state index contributed by atoms with van der Waals surface area (Å²) in [7, 11) is 0. The molecule has 0 saturated heterocycles. The van der Waals surface area contributed by atoms with Crippen molar-refractivity contribution in [1.82, 2.24) is 0 Å². The minimum atomic E-state index is -1.21. The summed E-state index contributed by atoms with van der Waals surface area (Å²) in [5.41, 5.74) is 0.0564. The molecule has 0 unspecified atom stereocenters. The number of anilines is 1. The second kappa shape index (κ2) is 6.35. The summed E-state index contributed by atoms with van der Waals surface area (Å²) in [6.45, 7) is 0. The highest BCUT2D eigenvalue weighted by atomic mass is 79.9. The number of aliphatic carboxylic acids is 1. The van der Waals surface area contributed by atoms with Crippen molar-refractivity contribution in [3.8, 4) is 0 Å². The normalized spacial score (nSPS) is 22.3. The van der Waals surface area contributed by atoms with Crippen LogP contribution in [0.25, 0.3) is 0 Å². The van der Waals surface area contributed by atoms with E-state index in [0.717, 1.165) is 12.8 Å². The van der Waals surface area contributed by atoms with E-state index in [0.29, 0.717) is 17.3 Å². The zero-order valence-electron chi connectivity index (χ0n) is 10.7. The first kappa shape index (κ1) is 15.0. The summed E-state index contributed by atoms with van der Waals surface area (Å²) >= 11 is 3.13. The number of nitrogens with one attached hydrogen (secondary N) is 1. The maximum Gasteiger partial charge on any atom is 0.228 e. The van der Waals surface area contributed by atoms with E-state index in [2.05, 4.69) is 21.2 Å². The van der Waals surface area contributed by atoms with E-state index in [1.165, 1.54) is 12.1 Å². The zero-order chi connectivity index (χ0) is 14.7. The van der Waals surface area contributed by atoms with Gasteiger partial charge in [-0.25, -0.2) is 4.39 Å². The van der Waals surface area contributed by atoms with Crippen LogP contribution in [0, 0.1) is 17.7 Å². The van der Waals surface area contributed by atoms with Crippen LogP contribution in [-0.2, 0) is 9.59 Å². The fourth-order valence-corrected chi connectivity index (χ4v) is 2.88. The molecule has 20 heavy (non-hydrogen) atoms. The summed E-state index contributed by atoms with van der Waals surface area (Å²) < 4.78 is 14.2. The summed E-state index contributed by atoms with van der Waals surface area (Å²) in [5.74, 6) is -3.67. The van der Waals surface area contributed by atoms with Gasteiger partial charge in [0.25, 0.3) is 0 Å². The maximum atomic E-state index is 13.7. The Labute approximate surface area is 124 Å². The number of benzene rings is 1. The highest BCUT2D eigenvalue weighted by molar-refractivity contribution is 9.10. The molecule has 4 nitrogen and oxygen atoms in total. The Morgan fingerprint density at radius 2 is 1.90 bits per heavy atom. The van der Waals surface area contributed by atoms with Crippen LogP contribution in [0.3, 0.4) is 0 Å². The Kier molecular flexibility index (Phi) is 4.75. The molecule has 0 heterocycles. The molecule has 0 bridgehead atoms. The lowest BCUT2D eigenvalue weighted by molar-refractivity contribution is -0.313. The predicted octanol–water partition coefficient (Wildman–Crippen LogP) is 2.08. The Balaban J connectivity index is 2.12. The van der Waals surface area contributed by atoms with Gasteiger partial charge in [-0.3, -0.25) is 4.79 Å². The number of hydrogen-bond acceptors (Lipinski definition) is 3. The second-order valence-corrected chi connectivity index (χ2v) is 5.85. The molecule has 0 spiro atoms. The molecule has 2 atom stereocenters. The van der Waals surface area contributed by atoms with Gasteiger partial charge in [-0.05, 0) is 31.0 Å². The fraction of sp³-hybridized carbons (Fsp3) is 0.429. The van der Waals surface area contributed by atoms with E-state index < -0.39 is 29.5 Å². The number of rotatable bonds is 3. The molecular weight excluding hydrogens is 329 g/mol.